The summed E-state index contributed by atoms with van der Waals surface area (Å²) in [5.74, 6) is -6.72. The lowest BCUT2D eigenvalue weighted by molar-refractivity contribution is -0.352. The Morgan fingerprint density at radius 2 is 0.557 bits per heavy atom. The molecule has 7 aromatic rings. The van der Waals surface area contributed by atoms with Crippen molar-refractivity contribution in [2.75, 3.05) is 13.2 Å². The maximum absolute atomic E-state index is 14.5. The molecule has 0 bridgehead atoms. The average molecular weight is 1070 g/mol. The first-order valence-corrected chi connectivity index (χ1v) is 24.9. The fourth-order valence-electron chi connectivity index (χ4n) is 8.59. The molecule has 2 fully saturated rings. The summed E-state index contributed by atoms with van der Waals surface area (Å²) in [5.41, 5.74) is 0.298. The Labute approximate surface area is 452 Å². The van der Waals surface area contributed by atoms with Crippen LogP contribution in [0.15, 0.2) is 212 Å². The number of benzene rings is 7. The van der Waals surface area contributed by atoms with Gasteiger partial charge >= 0.3 is 41.8 Å². The van der Waals surface area contributed by atoms with E-state index in [1.807, 2.05) is 0 Å². The minimum absolute atomic E-state index is 0.00210. The van der Waals surface area contributed by atoms with E-state index in [9.17, 15) is 38.7 Å². The van der Waals surface area contributed by atoms with Crippen molar-refractivity contribution in [3.63, 3.8) is 0 Å². The van der Waals surface area contributed by atoms with E-state index in [-0.39, 0.29) is 38.9 Å². The van der Waals surface area contributed by atoms with Gasteiger partial charge in [-0.05, 0) is 84.9 Å². The molecule has 2 heterocycles. The number of hydrogen-bond donors (Lipinski definition) is 1. The van der Waals surface area contributed by atoms with E-state index in [1.165, 1.54) is 84.9 Å². The fraction of sp³-hybridized carbons (Fsp3) is 0.197. The summed E-state index contributed by atoms with van der Waals surface area (Å²) < 4.78 is 62.0. The molecule has 0 spiro atoms. The third-order valence-electron chi connectivity index (χ3n) is 12.5. The predicted molar refractivity (Wildman–Crippen MR) is 276 cm³/mol. The Hall–Kier alpha value is -9.33. The Balaban J connectivity index is 1.18. The molecule has 7 aromatic carbocycles. The van der Waals surface area contributed by atoms with Crippen molar-refractivity contribution in [3.8, 4) is 0 Å². The van der Waals surface area contributed by atoms with Gasteiger partial charge in [0.2, 0.25) is 0 Å². The molecule has 10 atom stereocenters. The number of aliphatic hydroxyl groups is 1. The Bertz CT molecular complexity index is 3170. The fourth-order valence-corrected chi connectivity index (χ4v) is 8.59. The number of carbonyl (C=O) groups is 7. The number of aliphatic hydroxyl groups excluding tert-OH is 1. The predicted octanol–water partition coefficient (Wildman–Crippen LogP) is 7.66. The van der Waals surface area contributed by atoms with E-state index in [2.05, 4.69) is 0 Å². The maximum Gasteiger partial charge on any atom is 0.338 e. The van der Waals surface area contributed by atoms with Gasteiger partial charge in [0.1, 0.15) is 31.5 Å². The highest BCUT2D eigenvalue weighted by atomic mass is 16.8. The number of carbonyl (C=O) groups excluding carboxylic acids is 7. The van der Waals surface area contributed by atoms with Crippen molar-refractivity contribution in [1.82, 2.24) is 0 Å². The van der Waals surface area contributed by atoms with Crippen molar-refractivity contribution < 1.29 is 86.0 Å². The van der Waals surface area contributed by atoms with E-state index in [1.54, 1.807) is 127 Å². The summed E-state index contributed by atoms with van der Waals surface area (Å²) in [6.07, 6.45) is -19.0. The van der Waals surface area contributed by atoms with Crippen molar-refractivity contribution in [3.05, 3.63) is 251 Å². The molecule has 0 amide bonds. The molecule has 0 aliphatic carbocycles. The first kappa shape index (κ1) is 54.5. The molecule has 2 saturated heterocycles. The summed E-state index contributed by atoms with van der Waals surface area (Å²) in [5, 5.41) is 11.9. The number of rotatable bonds is 18. The molecular weight excluding hydrogens is 1020 g/mol. The molecule has 0 unspecified atom stereocenters. The van der Waals surface area contributed by atoms with Crippen LogP contribution in [0.4, 0.5) is 0 Å². The molecule has 0 saturated carbocycles. The van der Waals surface area contributed by atoms with Crippen LogP contribution >= 0.6 is 0 Å². The lowest BCUT2D eigenvalue weighted by atomic mass is 9.95. The number of esters is 7. The van der Waals surface area contributed by atoms with Crippen molar-refractivity contribution in [2.45, 2.75) is 61.4 Å². The van der Waals surface area contributed by atoms with Gasteiger partial charge in [-0.3, -0.25) is 0 Å². The summed E-state index contributed by atoms with van der Waals surface area (Å²) in [6.45, 7) is -1.50. The molecule has 402 valence electrons. The molecule has 1 N–H and O–H groups in total. The van der Waals surface area contributed by atoms with E-state index in [0.29, 0.717) is 0 Å². The van der Waals surface area contributed by atoms with Crippen LogP contribution in [0.5, 0.6) is 0 Å². The quantitative estimate of drug-likeness (QED) is 0.0642. The second-order valence-corrected chi connectivity index (χ2v) is 17.8. The van der Waals surface area contributed by atoms with Gasteiger partial charge in [-0.15, -0.1) is 0 Å². The molecule has 79 heavy (non-hydrogen) atoms. The molecule has 0 aromatic heterocycles. The largest absolute Gasteiger partial charge is 0.459 e. The molecular formula is C61H50O18. The van der Waals surface area contributed by atoms with Crippen molar-refractivity contribution >= 4 is 41.8 Å². The number of hydrogen-bond acceptors (Lipinski definition) is 18. The van der Waals surface area contributed by atoms with E-state index >= 15 is 0 Å². The average Bonchev–Trinajstić information content (AvgIpc) is 3.60. The monoisotopic (exact) mass is 1070 g/mol. The topological polar surface area (TPSA) is 232 Å². The van der Waals surface area contributed by atoms with Crippen LogP contribution in [0.3, 0.4) is 0 Å². The molecule has 2 aliphatic heterocycles. The second kappa shape index (κ2) is 26.1. The summed E-state index contributed by atoms with van der Waals surface area (Å²) in [4.78, 5) is 98.6. The van der Waals surface area contributed by atoms with Crippen LogP contribution in [-0.2, 0) is 47.4 Å². The van der Waals surface area contributed by atoms with E-state index < -0.39 is 116 Å². The van der Waals surface area contributed by atoms with Gasteiger partial charge in [0.25, 0.3) is 0 Å². The third kappa shape index (κ3) is 13.8. The third-order valence-corrected chi connectivity index (χ3v) is 12.5. The minimum atomic E-state index is -2.12. The molecule has 9 rings (SSSR count). The summed E-state index contributed by atoms with van der Waals surface area (Å²) in [7, 11) is 0. The lowest BCUT2D eigenvalue weighted by Crippen LogP contribution is -2.67. The smallest absolute Gasteiger partial charge is 0.338 e. The molecule has 2 aliphatic rings. The molecule has 18 nitrogen and oxygen atoms in total. The van der Waals surface area contributed by atoms with Crippen LogP contribution in [0.25, 0.3) is 0 Å². The minimum Gasteiger partial charge on any atom is -0.459 e. The highest BCUT2D eigenvalue weighted by Gasteiger charge is 2.58. The maximum atomic E-state index is 14.5. The van der Waals surface area contributed by atoms with E-state index in [4.69, 9.17) is 47.4 Å². The highest BCUT2D eigenvalue weighted by Crippen LogP contribution is 2.36. The van der Waals surface area contributed by atoms with E-state index in [0.717, 1.165) is 0 Å². The normalized spacial score (nSPS) is 22.4. The Kier molecular flexibility index (Phi) is 18.0. The molecule has 18 heteroatoms. The van der Waals surface area contributed by atoms with Crippen LogP contribution in [0.1, 0.15) is 72.5 Å². The summed E-state index contributed by atoms with van der Waals surface area (Å²) in [6, 6.07) is 54.1. The van der Waals surface area contributed by atoms with Gasteiger partial charge in [0, 0.05) is 0 Å². The van der Waals surface area contributed by atoms with Gasteiger partial charge in [-0.25, -0.2) is 33.6 Å². The number of ether oxygens (including phenoxy) is 10. The van der Waals surface area contributed by atoms with Gasteiger partial charge in [0.15, 0.2) is 43.1 Å². The zero-order valence-corrected chi connectivity index (χ0v) is 41.8. The lowest BCUT2D eigenvalue weighted by Gasteiger charge is -2.48. The Morgan fingerprint density at radius 3 is 0.886 bits per heavy atom. The Morgan fingerprint density at radius 1 is 0.304 bits per heavy atom. The van der Waals surface area contributed by atoms with Crippen LogP contribution in [0.2, 0.25) is 0 Å². The van der Waals surface area contributed by atoms with Gasteiger partial charge in [-0.2, -0.15) is 0 Å². The van der Waals surface area contributed by atoms with Crippen molar-refractivity contribution in [2.24, 2.45) is 0 Å². The zero-order chi connectivity index (χ0) is 55.1. The van der Waals surface area contributed by atoms with Crippen LogP contribution in [-0.4, -0.2) is 122 Å². The van der Waals surface area contributed by atoms with Gasteiger partial charge in [0.05, 0.1) is 38.9 Å². The summed E-state index contributed by atoms with van der Waals surface area (Å²) >= 11 is 0. The first-order chi connectivity index (χ1) is 38.5. The highest BCUT2D eigenvalue weighted by molar-refractivity contribution is 5.93. The standard InChI is InChI=1S/C61H50O18/c62-53(38-22-8-1-9-23-38)70-36-45-48(49(75-56(65)41-28-14-4-15-29-41)51(60(69)72-45)77-58(67)43-32-18-6-19-33-43)79-61-52(78-59(68)44-34-20-7-21-35-44)50(76-57(66)42-30-16-5-17-31-42)47(74-55(64)40-26-12-3-13-27-40)46(73-61)37-71-54(63)39-24-10-2-11-25-39/h1-35,45-52,60-61,69H,36-37H2/t45-,46-,47-,48-,49+,50+,51+,52-,60+,61+/m1/s1. The van der Waals surface area contributed by atoms with Crippen LogP contribution < -0.4 is 0 Å². The second-order valence-electron chi connectivity index (χ2n) is 17.8. The SMILES string of the molecule is O=C(OC[C@H]1O[C@@H](O[C@H]2[C@H](OC(=O)c3ccccc3)[C@H](OC(=O)c3ccccc3)[C@@H](O)O[C@@H]2COC(=O)c2ccccc2)[C@H](OC(=O)c2ccccc2)[C@@H](OC(=O)c2ccccc2)[C@@H]1OC(=O)c1ccccc1)c1ccccc1. The zero-order valence-electron chi connectivity index (χ0n) is 41.8. The first-order valence-electron chi connectivity index (χ1n) is 24.9. The van der Waals surface area contributed by atoms with Gasteiger partial charge in [-0.1, -0.05) is 127 Å². The molecule has 0 radical (unpaired) electrons. The van der Waals surface area contributed by atoms with Crippen molar-refractivity contribution in [1.29, 1.82) is 0 Å². The van der Waals surface area contributed by atoms with Gasteiger partial charge < -0.3 is 52.5 Å². The van der Waals surface area contributed by atoms with Crippen LogP contribution in [0, 0.1) is 0 Å².